The Morgan fingerprint density at radius 1 is 1.26 bits per heavy atom. The molecule has 0 N–H and O–H groups in total. The van der Waals surface area contributed by atoms with Crippen molar-refractivity contribution in [3.8, 4) is 0 Å². The highest BCUT2D eigenvalue weighted by atomic mass is 35.5. The molecule has 1 atom stereocenters. The van der Waals surface area contributed by atoms with Crippen LogP contribution in [0.4, 0.5) is 4.39 Å². The molecular weight excluding hydrogens is 417 g/mol. The van der Waals surface area contributed by atoms with Gasteiger partial charge in [0.05, 0.1) is 12.7 Å². The van der Waals surface area contributed by atoms with Crippen LogP contribution in [0.3, 0.4) is 0 Å². The number of hydrogen-bond acceptors (Lipinski definition) is 4. The number of hydrogen-bond donors (Lipinski definition) is 0. The number of likely N-dealkylation sites (tertiary alicyclic amines) is 1. The maximum absolute atomic E-state index is 13.9. The van der Waals surface area contributed by atoms with Gasteiger partial charge in [0.2, 0.25) is 11.8 Å². The first-order valence-corrected chi connectivity index (χ1v) is 10.8. The highest BCUT2D eigenvalue weighted by Crippen LogP contribution is 2.32. The van der Waals surface area contributed by atoms with Crippen molar-refractivity contribution >= 4 is 17.5 Å². The van der Waals surface area contributed by atoms with E-state index in [1.165, 1.54) is 6.07 Å². The van der Waals surface area contributed by atoms with Gasteiger partial charge in [0.15, 0.2) is 0 Å². The highest BCUT2D eigenvalue weighted by Gasteiger charge is 2.33. The quantitative estimate of drug-likeness (QED) is 0.525. The molecule has 0 radical (unpaired) electrons. The van der Waals surface area contributed by atoms with E-state index in [0.717, 1.165) is 24.2 Å². The number of oxazole rings is 1. The summed E-state index contributed by atoms with van der Waals surface area (Å²) in [4.78, 5) is 21.1. The molecule has 1 aliphatic rings. The van der Waals surface area contributed by atoms with E-state index in [2.05, 4.69) is 4.98 Å². The third kappa shape index (κ3) is 5.32. The lowest BCUT2D eigenvalue weighted by Crippen LogP contribution is -2.38. The molecule has 1 unspecified atom stereocenters. The van der Waals surface area contributed by atoms with Gasteiger partial charge in [-0.05, 0) is 43.7 Å². The van der Waals surface area contributed by atoms with Gasteiger partial charge in [0.25, 0.3) is 0 Å². The lowest BCUT2D eigenvalue weighted by Gasteiger charge is -2.25. The second-order valence-electron chi connectivity index (χ2n) is 7.98. The summed E-state index contributed by atoms with van der Waals surface area (Å²) in [7, 11) is 1.82. The average Bonchev–Trinajstić information content (AvgIpc) is 3.41. The van der Waals surface area contributed by atoms with Gasteiger partial charge in [-0.25, -0.2) is 9.37 Å². The zero-order valence-corrected chi connectivity index (χ0v) is 18.2. The maximum Gasteiger partial charge on any atom is 0.237 e. The predicted octanol–water partition coefficient (Wildman–Crippen LogP) is 4.85. The van der Waals surface area contributed by atoms with E-state index in [4.69, 9.17) is 16.0 Å². The molecule has 31 heavy (non-hydrogen) atoms. The summed E-state index contributed by atoms with van der Waals surface area (Å²) >= 11 is 5.94. The summed E-state index contributed by atoms with van der Waals surface area (Å²) in [5.41, 5.74) is 1.66. The average molecular weight is 442 g/mol. The van der Waals surface area contributed by atoms with Crippen LogP contribution in [0.15, 0.2) is 59.1 Å². The molecule has 2 heterocycles. The molecule has 4 rings (SSSR count). The first kappa shape index (κ1) is 21.5. The third-order valence-electron chi connectivity index (χ3n) is 5.52. The molecule has 1 saturated heterocycles. The molecule has 1 amide bonds. The van der Waals surface area contributed by atoms with Gasteiger partial charge in [-0.1, -0.05) is 41.9 Å². The van der Waals surface area contributed by atoms with E-state index in [1.54, 1.807) is 24.4 Å². The Kier molecular flexibility index (Phi) is 6.68. The van der Waals surface area contributed by atoms with Gasteiger partial charge in [-0.2, -0.15) is 0 Å². The zero-order chi connectivity index (χ0) is 21.8. The minimum atomic E-state index is -0.256. The standard InChI is InChI=1S/C24H25ClFN3O2/c1-28(15-18-5-2-3-6-21(18)26)16-23(30)29-12-4-7-22(29)24-27-14-20(31-24)13-17-8-10-19(25)11-9-17/h2-3,5-6,8-11,14,22H,4,7,12-13,15-16H2,1H3. The molecular formula is C24H25ClFN3O2. The van der Waals surface area contributed by atoms with Crippen molar-refractivity contribution < 1.29 is 13.6 Å². The first-order chi connectivity index (χ1) is 15.0. The van der Waals surface area contributed by atoms with Gasteiger partial charge in [0, 0.05) is 30.1 Å². The monoisotopic (exact) mass is 441 g/mol. The Bertz CT molecular complexity index is 1040. The molecule has 1 aromatic heterocycles. The van der Waals surface area contributed by atoms with Gasteiger partial charge < -0.3 is 9.32 Å². The van der Waals surface area contributed by atoms with Crippen molar-refractivity contribution in [2.24, 2.45) is 0 Å². The van der Waals surface area contributed by atoms with Gasteiger partial charge in [0.1, 0.15) is 17.6 Å². The number of aromatic nitrogens is 1. The van der Waals surface area contributed by atoms with Crippen LogP contribution in [0.1, 0.15) is 41.7 Å². The van der Waals surface area contributed by atoms with Crippen molar-refractivity contribution in [1.29, 1.82) is 0 Å². The Labute approximate surface area is 186 Å². The second-order valence-corrected chi connectivity index (χ2v) is 8.41. The predicted molar refractivity (Wildman–Crippen MR) is 117 cm³/mol. The Hall–Kier alpha value is -2.70. The second kappa shape index (κ2) is 9.62. The molecule has 0 saturated carbocycles. The highest BCUT2D eigenvalue weighted by molar-refractivity contribution is 6.30. The fourth-order valence-corrected chi connectivity index (χ4v) is 4.10. The van der Waals surface area contributed by atoms with Crippen LogP contribution in [0.25, 0.3) is 0 Å². The first-order valence-electron chi connectivity index (χ1n) is 10.4. The van der Waals surface area contributed by atoms with Crippen molar-refractivity contribution in [1.82, 2.24) is 14.8 Å². The fraction of sp³-hybridized carbons (Fsp3) is 0.333. The van der Waals surface area contributed by atoms with E-state index >= 15 is 0 Å². The van der Waals surface area contributed by atoms with Crippen LogP contribution in [-0.2, 0) is 17.8 Å². The fourth-order valence-electron chi connectivity index (χ4n) is 3.98. The van der Waals surface area contributed by atoms with Crippen molar-refractivity contribution in [3.05, 3.63) is 88.3 Å². The molecule has 2 aromatic carbocycles. The Morgan fingerprint density at radius 2 is 2.03 bits per heavy atom. The zero-order valence-electron chi connectivity index (χ0n) is 17.4. The SMILES string of the molecule is CN(CC(=O)N1CCCC1c1ncc(Cc2ccc(Cl)cc2)o1)Cc1ccccc1F. The van der Waals surface area contributed by atoms with Crippen molar-refractivity contribution in [2.45, 2.75) is 31.8 Å². The molecule has 5 nitrogen and oxygen atoms in total. The molecule has 162 valence electrons. The molecule has 3 aromatic rings. The molecule has 0 bridgehead atoms. The van der Waals surface area contributed by atoms with Gasteiger partial charge in [-0.3, -0.25) is 9.69 Å². The Morgan fingerprint density at radius 3 is 2.81 bits per heavy atom. The topological polar surface area (TPSA) is 49.6 Å². The summed E-state index contributed by atoms with van der Waals surface area (Å²) < 4.78 is 19.9. The van der Waals surface area contributed by atoms with E-state index in [-0.39, 0.29) is 24.3 Å². The number of halogens is 2. The summed E-state index contributed by atoms with van der Waals surface area (Å²) in [5.74, 6) is 1.08. The lowest BCUT2D eigenvalue weighted by molar-refractivity contribution is -0.133. The minimum absolute atomic E-state index is 0.00112. The number of carbonyl (C=O) groups is 1. The minimum Gasteiger partial charge on any atom is -0.443 e. The Balaban J connectivity index is 1.38. The van der Waals surface area contributed by atoms with Gasteiger partial charge >= 0.3 is 0 Å². The molecule has 1 fully saturated rings. The summed E-state index contributed by atoms with van der Waals surface area (Å²) in [6.45, 7) is 1.26. The van der Waals surface area contributed by atoms with Crippen LogP contribution in [-0.4, -0.2) is 40.8 Å². The van der Waals surface area contributed by atoms with Crippen molar-refractivity contribution in [3.63, 3.8) is 0 Å². The van der Waals surface area contributed by atoms with Gasteiger partial charge in [-0.15, -0.1) is 0 Å². The van der Waals surface area contributed by atoms with E-state index < -0.39 is 0 Å². The third-order valence-corrected chi connectivity index (χ3v) is 5.78. The lowest BCUT2D eigenvalue weighted by atomic mass is 10.1. The maximum atomic E-state index is 13.9. The number of benzene rings is 2. The number of rotatable bonds is 7. The summed E-state index contributed by atoms with van der Waals surface area (Å²) in [5, 5.41) is 0.696. The summed E-state index contributed by atoms with van der Waals surface area (Å²) in [6.07, 6.45) is 4.08. The van der Waals surface area contributed by atoms with Crippen LogP contribution >= 0.6 is 11.6 Å². The van der Waals surface area contributed by atoms with E-state index in [1.807, 2.05) is 41.1 Å². The number of amides is 1. The smallest absolute Gasteiger partial charge is 0.237 e. The molecule has 0 aliphatic carbocycles. The number of carbonyl (C=O) groups excluding carboxylic acids is 1. The number of likely N-dealkylation sites (N-methyl/N-ethyl adjacent to an activating group) is 1. The van der Waals surface area contributed by atoms with Crippen LogP contribution in [0.5, 0.6) is 0 Å². The van der Waals surface area contributed by atoms with Crippen LogP contribution < -0.4 is 0 Å². The molecule has 0 spiro atoms. The van der Waals surface area contributed by atoms with Crippen molar-refractivity contribution in [2.75, 3.05) is 20.1 Å². The number of nitrogens with zero attached hydrogens (tertiary/aromatic N) is 3. The molecule has 7 heteroatoms. The summed E-state index contributed by atoms with van der Waals surface area (Å²) in [6, 6.07) is 14.1. The normalized spacial score (nSPS) is 16.3. The van der Waals surface area contributed by atoms with E-state index in [9.17, 15) is 9.18 Å². The largest absolute Gasteiger partial charge is 0.443 e. The van der Waals surface area contributed by atoms with E-state index in [0.29, 0.717) is 36.0 Å². The molecule has 1 aliphatic heterocycles. The van der Waals surface area contributed by atoms with Crippen LogP contribution in [0.2, 0.25) is 5.02 Å². The van der Waals surface area contributed by atoms with Crippen LogP contribution in [0, 0.1) is 5.82 Å².